The molecule has 0 spiro atoms. The number of primary amides is 1. The Labute approximate surface area is 353 Å². The van der Waals surface area contributed by atoms with Gasteiger partial charge in [0.2, 0.25) is 47.3 Å². The molecule has 4 atom stereocenters. The second-order valence-electron chi connectivity index (χ2n) is 15.1. The summed E-state index contributed by atoms with van der Waals surface area (Å²) in [7, 11) is 0. The molecule has 2 aromatic carbocycles. The normalized spacial score (nSPS) is 17.1. The summed E-state index contributed by atoms with van der Waals surface area (Å²) in [6.07, 6.45) is -0.293. The lowest BCUT2D eigenvalue weighted by Gasteiger charge is -2.27. The number of hydrogen-bond acceptors (Lipinski definition) is 11. The predicted octanol–water partition coefficient (Wildman–Crippen LogP) is 0.748. The summed E-state index contributed by atoms with van der Waals surface area (Å²) in [5, 5.41) is 10.6. The molecule has 2 aliphatic rings. The van der Waals surface area contributed by atoms with Crippen molar-refractivity contribution in [3.8, 4) is 0 Å². The van der Waals surface area contributed by atoms with Gasteiger partial charge in [-0.3, -0.25) is 53.0 Å². The summed E-state index contributed by atoms with van der Waals surface area (Å²) in [5.74, 6) is -5.42. The van der Waals surface area contributed by atoms with Crippen molar-refractivity contribution in [3.63, 3.8) is 0 Å². The van der Waals surface area contributed by atoms with Crippen LogP contribution in [0.2, 0.25) is 0 Å². The van der Waals surface area contributed by atoms with Gasteiger partial charge in [0.15, 0.2) is 0 Å². The number of benzene rings is 2. The molecule has 19 nitrogen and oxygen atoms in total. The van der Waals surface area contributed by atoms with Crippen LogP contribution in [0.25, 0.3) is 0 Å². The highest BCUT2D eigenvalue weighted by Gasteiger charge is 2.37. The van der Waals surface area contributed by atoms with E-state index in [1.165, 1.54) is 11.8 Å². The summed E-state index contributed by atoms with van der Waals surface area (Å²) in [6, 6.07) is 12.2. The topological polar surface area (TPSA) is 264 Å². The van der Waals surface area contributed by atoms with E-state index in [2.05, 4.69) is 21.3 Å². The zero-order valence-electron chi connectivity index (χ0n) is 34.6. The molecule has 2 aromatic rings. The number of carbonyl (C=O) groups is 10. The molecule has 328 valence electrons. The standard InChI is InChI=1S/C42H54N8O11/c1-26-22-36(54)49(40(26)58)20-18-48(19-21-50-37(55)23-27(2)41(50)59)35(53)16-15-34(52)46-33(24-29-8-5-4-6-9-29)39(57)47-32(10-7-17-44-42(43)60)38(56)45-31-13-11-30(12-14-31)25-61-28(3)51/h4-6,8-9,11-14,26-27,32-33H,7,10,15-25H2,1-3H3,(H,45,56)(H,46,52)(H,47,57)(H3,43,44,60)/t26?,27?,32-,33-/m0/s1. The minimum Gasteiger partial charge on any atom is -0.461 e. The van der Waals surface area contributed by atoms with Crippen LogP contribution in [-0.4, -0.2) is 119 Å². The number of nitrogens with one attached hydrogen (secondary N) is 4. The molecule has 0 aliphatic carbocycles. The van der Waals surface area contributed by atoms with Crippen molar-refractivity contribution < 1.29 is 52.7 Å². The highest BCUT2D eigenvalue weighted by atomic mass is 16.5. The summed E-state index contributed by atoms with van der Waals surface area (Å²) in [6.45, 7) is 4.32. The Morgan fingerprint density at radius 2 is 1.36 bits per heavy atom. The van der Waals surface area contributed by atoms with Crippen molar-refractivity contribution in [3.05, 3.63) is 65.7 Å². The maximum atomic E-state index is 14.0. The van der Waals surface area contributed by atoms with E-state index >= 15 is 0 Å². The lowest BCUT2D eigenvalue weighted by atomic mass is 10.0. The monoisotopic (exact) mass is 846 g/mol. The first-order chi connectivity index (χ1) is 29.0. The molecule has 2 aliphatic heterocycles. The summed E-state index contributed by atoms with van der Waals surface area (Å²) >= 11 is 0. The van der Waals surface area contributed by atoms with Gasteiger partial charge in [0.25, 0.3) is 0 Å². The molecular weight excluding hydrogens is 793 g/mol. The maximum Gasteiger partial charge on any atom is 0.312 e. The first-order valence-corrected chi connectivity index (χ1v) is 20.2. The van der Waals surface area contributed by atoms with E-state index in [0.29, 0.717) is 16.8 Å². The number of anilines is 1. The number of ether oxygens (including phenoxy) is 1. The zero-order chi connectivity index (χ0) is 44.6. The fourth-order valence-electron chi connectivity index (χ4n) is 6.83. The Balaban J connectivity index is 1.45. The number of rotatable bonds is 22. The number of urea groups is 1. The number of esters is 1. The van der Waals surface area contributed by atoms with E-state index in [4.69, 9.17) is 10.5 Å². The van der Waals surface area contributed by atoms with Crippen molar-refractivity contribution >= 4 is 64.9 Å². The molecule has 2 saturated heterocycles. The SMILES string of the molecule is CC(=O)OCc1ccc(NC(=O)[C@H](CCCNC(N)=O)NC(=O)[C@H](Cc2ccccc2)NC(=O)CCC(=O)N(CCN2C(=O)CC(C)C2=O)CCN2C(=O)CC(C)C2=O)cc1. The molecule has 2 fully saturated rings. The molecular formula is C42H54N8O11. The average Bonchev–Trinajstić information content (AvgIpc) is 3.61. The molecule has 2 unspecified atom stereocenters. The number of imide groups is 2. The number of likely N-dealkylation sites (tertiary alicyclic amines) is 2. The second kappa shape index (κ2) is 22.6. The van der Waals surface area contributed by atoms with Crippen molar-refractivity contribution in [2.45, 2.75) is 84.4 Å². The van der Waals surface area contributed by atoms with Crippen LogP contribution in [-0.2, 0) is 60.9 Å². The van der Waals surface area contributed by atoms with E-state index < -0.39 is 59.5 Å². The van der Waals surface area contributed by atoms with E-state index in [-0.39, 0.29) is 108 Å². The van der Waals surface area contributed by atoms with Crippen molar-refractivity contribution in [1.29, 1.82) is 0 Å². The van der Waals surface area contributed by atoms with Gasteiger partial charge in [-0.25, -0.2) is 4.79 Å². The smallest absolute Gasteiger partial charge is 0.312 e. The van der Waals surface area contributed by atoms with E-state index in [1.54, 1.807) is 68.4 Å². The third-order valence-corrected chi connectivity index (χ3v) is 10.2. The molecule has 4 rings (SSSR count). The molecule has 10 amide bonds. The maximum absolute atomic E-state index is 14.0. The Morgan fingerprint density at radius 3 is 1.89 bits per heavy atom. The fraction of sp³-hybridized carbons (Fsp3) is 0.476. The number of hydrogen-bond donors (Lipinski definition) is 5. The molecule has 61 heavy (non-hydrogen) atoms. The summed E-state index contributed by atoms with van der Waals surface area (Å²) in [5.41, 5.74) is 6.94. The first-order valence-electron chi connectivity index (χ1n) is 20.2. The molecule has 0 bridgehead atoms. The van der Waals surface area contributed by atoms with Gasteiger partial charge in [-0.05, 0) is 36.1 Å². The lowest BCUT2D eigenvalue weighted by molar-refractivity contribution is -0.143. The van der Waals surface area contributed by atoms with Crippen LogP contribution in [0.3, 0.4) is 0 Å². The van der Waals surface area contributed by atoms with E-state index in [9.17, 15) is 47.9 Å². The molecule has 6 N–H and O–H groups in total. The van der Waals surface area contributed by atoms with Gasteiger partial charge < -0.3 is 36.6 Å². The Bertz CT molecular complexity index is 1910. The highest BCUT2D eigenvalue weighted by Crippen LogP contribution is 2.20. The Kier molecular flexibility index (Phi) is 17.5. The number of amides is 10. The van der Waals surface area contributed by atoms with Crippen LogP contribution in [0.1, 0.15) is 70.4 Å². The predicted molar refractivity (Wildman–Crippen MR) is 218 cm³/mol. The summed E-state index contributed by atoms with van der Waals surface area (Å²) < 4.78 is 5.00. The molecule has 0 radical (unpaired) electrons. The average molecular weight is 847 g/mol. The largest absolute Gasteiger partial charge is 0.461 e. The van der Waals surface area contributed by atoms with Gasteiger partial charge in [-0.1, -0.05) is 56.3 Å². The number of nitrogens with zero attached hydrogens (tertiary/aromatic N) is 3. The Hall–Kier alpha value is -6.66. The van der Waals surface area contributed by atoms with Gasteiger partial charge in [-0.2, -0.15) is 0 Å². The van der Waals surface area contributed by atoms with Gasteiger partial charge in [-0.15, -0.1) is 0 Å². The first kappa shape index (κ1) is 47.0. The van der Waals surface area contributed by atoms with Crippen molar-refractivity contribution in [2.24, 2.45) is 17.6 Å². The van der Waals surface area contributed by atoms with Crippen LogP contribution in [0, 0.1) is 11.8 Å². The zero-order valence-corrected chi connectivity index (χ0v) is 34.6. The van der Waals surface area contributed by atoms with Crippen LogP contribution in [0.15, 0.2) is 54.6 Å². The third kappa shape index (κ3) is 14.5. The fourth-order valence-corrected chi connectivity index (χ4v) is 6.83. The third-order valence-electron chi connectivity index (χ3n) is 10.2. The minimum atomic E-state index is -1.20. The quantitative estimate of drug-likeness (QED) is 0.0627. The van der Waals surface area contributed by atoms with Crippen molar-refractivity contribution in [2.75, 3.05) is 38.0 Å². The number of carbonyl (C=O) groups excluding carboxylic acids is 10. The van der Waals surface area contributed by atoms with Gasteiger partial charge in [0.05, 0.1) is 0 Å². The van der Waals surface area contributed by atoms with Gasteiger partial charge >= 0.3 is 12.0 Å². The second-order valence-corrected chi connectivity index (χ2v) is 15.1. The van der Waals surface area contributed by atoms with Gasteiger partial charge in [0.1, 0.15) is 18.7 Å². The van der Waals surface area contributed by atoms with Crippen LogP contribution in [0.4, 0.5) is 10.5 Å². The van der Waals surface area contributed by atoms with E-state index in [1.807, 2.05) is 0 Å². The molecule has 0 saturated carbocycles. The molecule has 19 heteroatoms. The molecule has 2 heterocycles. The van der Waals surface area contributed by atoms with Crippen LogP contribution < -0.4 is 27.0 Å². The van der Waals surface area contributed by atoms with Crippen LogP contribution >= 0.6 is 0 Å². The van der Waals surface area contributed by atoms with E-state index in [0.717, 1.165) is 9.80 Å². The minimum absolute atomic E-state index is 0.0203. The lowest BCUT2D eigenvalue weighted by Crippen LogP contribution is -2.53. The Morgan fingerprint density at radius 1 is 0.770 bits per heavy atom. The van der Waals surface area contributed by atoms with Crippen LogP contribution in [0.5, 0.6) is 0 Å². The highest BCUT2D eigenvalue weighted by molar-refractivity contribution is 6.04. The van der Waals surface area contributed by atoms with Gasteiger partial charge in [0, 0.05) is 89.3 Å². The summed E-state index contributed by atoms with van der Waals surface area (Å²) in [4.78, 5) is 131. The number of nitrogens with two attached hydrogens (primary N) is 1. The molecule has 0 aromatic heterocycles. The van der Waals surface area contributed by atoms with Crippen molar-refractivity contribution in [1.82, 2.24) is 30.7 Å².